The Morgan fingerprint density at radius 1 is 1.08 bits per heavy atom. The predicted octanol–water partition coefficient (Wildman–Crippen LogP) is 3.42. The number of benzene rings is 2. The monoisotopic (exact) mass is 320 g/mol. The van der Waals surface area contributed by atoms with Gasteiger partial charge in [0.05, 0.1) is 17.5 Å². The molecule has 0 radical (unpaired) electrons. The van der Waals surface area contributed by atoms with Gasteiger partial charge in [0.15, 0.2) is 0 Å². The molecule has 1 amide bonds. The summed E-state index contributed by atoms with van der Waals surface area (Å²) in [6.45, 7) is 1.88. The third-order valence-electron chi connectivity index (χ3n) is 3.64. The molecular weight excluding hydrogens is 304 g/mol. The number of nitrogens with one attached hydrogen (secondary N) is 1. The number of carboxylic acid groups (broad SMARTS) is 1. The number of fused-ring (bicyclic) bond motifs is 1. The van der Waals surface area contributed by atoms with E-state index in [2.05, 4.69) is 10.3 Å². The van der Waals surface area contributed by atoms with Gasteiger partial charge in [-0.25, -0.2) is 0 Å². The molecule has 5 nitrogen and oxygen atoms in total. The fourth-order valence-corrected chi connectivity index (χ4v) is 2.56. The van der Waals surface area contributed by atoms with Gasteiger partial charge in [0.25, 0.3) is 5.91 Å². The second-order valence-corrected chi connectivity index (χ2v) is 5.55. The largest absolute Gasteiger partial charge is 0.481 e. The normalized spacial score (nSPS) is 10.5. The van der Waals surface area contributed by atoms with Crippen LogP contribution >= 0.6 is 0 Å². The minimum Gasteiger partial charge on any atom is -0.481 e. The van der Waals surface area contributed by atoms with Gasteiger partial charge in [-0.05, 0) is 36.8 Å². The van der Waals surface area contributed by atoms with Crippen LogP contribution in [-0.4, -0.2) is 22.0 Å². The van der Waals surface area contributed by atoms with Gasteiger partial charge in [-0.15, -0.1) is 0 Å². The molecule has 0 aliphatic rings. The van der Waals surface area contributed by atoms with Crippen LogP contribution in [0.1, 0.15) is 21.6 Å². The van der Waals surface area contributed by atoms with E-state index in [1.54, 1.807) is 30.3 Å². The molecule has 120 valence electrons. The van der Waals surface area contributed by atoms with E-state index in [4.69, 9.17) is 5.11 Å². The number of pyridine rings is 1. The third kappa shape index (κ3) is 3.41. The summed E-state index contributed by atoms with van der Waals surface area (Å²) in [5, 5.41) is 12.6. The number of hydrogen-bond donors (Lipinski definition) is 2. The first-order valence-corrected chi connectivity index (χ1v) is 7.51. The number of carbonyl (C=O) groups is 2. The molecule has 5 heteroatoms. The Morgan fingerprint density at radius 2 is 1.88 bits per heavy atom. The average Bonchev–Trinajstić information content (AvgIpc) is 2.53. The Morgan fingerprint density at radius 3 is 2.67 bits per heavy atom. The van der Waals surface area contributed by atoms with Gasteiger partial charge in [0.2, 0.25) is 0 Å². The van der Waals surface area contributed by atoms with Gasteiger partial charge in [0.1, 0.15) is 0 Å². The highest BCUT2D eigenvalue weighted by Crippen LogP contribution is 2.19. The topological polar surface area (TPSA) is 79.3 Å². The van der Waals surface area contributed by atoms with Crippen LogP contribution in [0.25, 0.3) is 10.9 Å². The van der Waals surface area contributed by atoms with Crippen LogP contribution < -0.4 is 5.32 Å². The van der Waals surface area contributed by atoms with Crippen LogP contribution in [0.5, 0.6) is 0 Å². The fraction of sp³-hybridized carbons (Fsp3) is 0.105. The summed E-state index contributed by atoms with van der Waals surface area (Å²) >= 11 is 0. The minimum absolute atomic E-state index is 0.0846. The third-order valence-corrected chi connectivity index (χ3v) is 3.64. The van der Waals surface area contributed by atoms with E-state index in [1.807, 2.05) is 31.2 Å². The molecule has 0 unspecified atom stereocenters. The summed E-state index contributed by atoms with van der Waals surface area (Å²) < 4.78 is 0. The van der Waals surface area contributed by atoms with Crippen molar-refractivity contribution in [1.29, 1.82) is 0 Å². The Balaban J connectivity index is 1.90. The van der Waals surface area contributed by atoms with Gasteiger partial charge in [-0.2, -0.15) is 0 Å². The summed E-state index contributed by atoms with van der Waals surface area (Å²) in [5.74, 6) is -1.18. The molecule has 1 aromatic heterocycles. The quantitative estimate of drug-likeness (QED) is 0.772. The van der Waals surface area contributed by atoms with Gasteiger partial charge in [-0.1, -0.05) is 30.3 Å². The van der Waals surface area contributed by atoms with Crippen molar-refractivity contribution in [3.63, 3.8) is 0 Å². The summed E-state index contributed by atoms with van der Waals surface area (Å²) in [4.78, 5) is 27.9. The first-order chi connectivity index (χ1) is 11.5. The number of aromatic nitrogens is 1. The van der Waals surface area contributed by atoms with E-state index < -0.39 is 5.97 Å². The highest BCUT2D eigenvalue weighted by molar-refractivity contribution is 6.11. The number of carbonyl (C=O) groups excluding carboxylic acids is 1. The number of amides is 1. The maximum Gasteiger partial charge on any atom is 0.307 e. The summed E-state index contributed by atoms with van der Waals surface area (Å²) in [5.41, 5.74) is 3.17. The van der Waals surface area contributed by atoms with Crippen molar-refractivity contribution in [2.45, 2.75) is 13.3 Å². The first kappa shape index (κ1) is 15.7. The number of carboxylic acids is 1. The van der Waals surface area contributed by atoms with Crippen LogP contribution in [0.15, 0.2) is 54.6 Å². The molecule has 0 aliphatic carbocycles. The molecule has 3 rings (SSSR count). The van der Waals surface area contributed by atoms with Crippen molar-refractivity contribution in [1.82, 2.24) is 4.98 Å². The zero-order valence-corrected chi connectivity index (χ0v) is 13.1. The molecule has 0 bridgehead atoms. The highest BCUT2D eigenvalue weighted by Gasteiger charge is 2.12. The molecule has 24 heavy (non-hydrogen) atoms. The van der Waals surface area contributed by atoms with E-state index in [1.165, 1.54) is 0 Å². The molecule has 0 atom stereocenters. The molecule has 1 heterocycles. The minimum atomic E-state index is -0.910. The van der Waals surface area contributed by atoms with Gasteiger partial charge < -0.3 is 10.4 Å². The van der Waals surface area contributed by atoms with Gasteiger partial charge in [-0.3, -0.25) is 14.6 Å². The highest BCUT2D eigenvalue weighted by atomic mass is 16.4. The van der Waals surface area contributed by atoms with Gasteiger partial charge >= 0.3 is 5.97 Å². The Bertz CT molecular complexity index is 935. The Hall–Kier alpha value is -3.21. The molecule has 2 aromatic carbocycles. The molecule has 0 fully saturated rings. The number of nitrogens with zero attached hydrogens (tertiary/aromatic N) is 1. The van der Waals surface area contributed by atoms with Crippen molar-refractivity contribution in [3.8, 4) is 0 Å². The zero-order chi connectivity index (χ0) is 17.1. The molecule has 0 spiro atoms. The number of anilines is 1. The van der Waals surface area contributed by atoms with E-state index in [0.717, 1.165) is 11.1 Å². The maximum absolute atomic E-state index is 12.6. The second kappa shape index (κ2) is 6.50. The molecule has 0 saturated carbocycles. The zero-order valence-electron chi connectivity index (χ0n) is 13.1. The van der Waals surface area contributed by atoms with Crippen LogP contribution in [-0.2, 0) is 11.2 Å². The van der Waals surface area contributed by atoms with E-state index >= 15 is 0 Å². The Kier molecular flexibility index (Phi) is 4.24. The molecule has 0 aliphatic heterocycles. The van der Waals surface area contributed by atoms with Gasteiger partial charge in [0, 0.05) is 16.8 Å². The molecule has 3 aromatic rings. The first-order valence-electron chi connectivity index (χ1n) is 7.51. The van der Waals surface area contributed by atoms with Crippen LogP contribution in [0, 0.1) is 6.92 Å². The molecular formula is C19H16N2O3. The SMILES string of the molecule is Cc1ccc2cccc(C(=O)Nc3cccc(CC(=O)O)c3)c2n1. The molecule has 0 saturated heterocycles. The fourth-order valence-electron chi connectivity index (χ4n) is 2.56. The lowest BCUT2D eigenvalue weighted by Gasteiger charge is -2.09. The van der Waals surface area contributed by atoms with Crippen molar-refractivity contribution in [2.75, 3.05) is 5.32 Å². The lowest BCUT2D eigenvalue weighted by Crippen LogP contribution is -2.13. The lowest BCUT2D eigenvalue weighted by molar-refractivity contribution is -0.136. The van der Waals surface area contributed by atoms with Crippen LogP contribution in [0.2, 0.25) is 0 Å². The lowest BCUT2D eigenvalue weighted by atomic mass is 10.1. The second-order valence-electron chi connectivity index (χ2n) is 5.55. The van der Waals surface area contributed by atoms with Crippen molar-refractivity contribution < 1.29 is 14.7 Å². The summed E-state index contributed by atoms with van der Waals surface area (Å²) in [6, 6.07) is 16.1. The van der Waals surface area contributed by atoms with Crippen molar-refractivity contribution in [3.05, 3.63) is 71.4 Å². The predicted molar refractivity (Wildman–Crippen MR) is 92.2 cm³/mol. The average molecular weight is 320 g/mol. The summed E-state index contributed by atoms with van der Waals surface area (Å²) in [6.07, 6.45) is -0.0846. The van der Waals surface area contributed by atoms with E-state index in [-0.39, 0.29) is 12.3 Å². The van der Waals surface area contributed by atoms with Crippen LogP contribution in [0.3, 0.4) is 0 Å². The maximum atomic E-state index is 12.6. The number of aliphatic carboxylic acids is 1. The molecule has 2 N–H and O–H groups in total. The number of hydrogen-bond acceptors (Lipinski definition) is 3. The standard InChI is InChI=1S/C19H16N2O3/c1-12-8-9-14-5-3-7-16(18(14)20-12)19(24)21-15-6-2-4-13(10-15)11-17(22)23/h2-10H,11H2,1H3,(H,21,24)(H,22,23). The van der Waals surface area contributed by atoms with E-state index in [0.29, 0.717) is 22.3 Å². The van der Waals surface area contributed by atoms with E-state index in [9.17, 15) is 9.59 Å². The number of rotatable bonds is 4. The number of aryl methyl sites for hydroxylation is 1. The smallest absolute Gasteiger partial charge is 0.307 e. The summed E-state index contributed by atoms with van der Waals surface area (Å²) in [7, 11) is 0. The van der Waals surface area contributed by atoms with Crippen molar-refractivity contribution >= 4 is 28.5 Å². The Labute approximate surface area is 139 Å². The van der Waals surface area contributed by atoms with Crippen LogP contribution in [0.4, 0.5) is 5.69 Å². The number of para-hydroxylation sites is 1. The van der Waals surface area contributed by atoms with Crippen molar-refractivity contribution in [2.24, 2.45) is 0 Å².